The first-order chi connectivity index (χ1) is 10.1. The van der Waals surface area contributed by atoms with Gasteiger partial charge in [0, 0.05) is 24.1 Å². The maximum absolute atomic E-state index is 11.6. The lowest BCUT2D eigenvalue weighted by Gasteiger charge is -2.46. The van der Waals surface area contributed by atoms with Gasteiger partial charge in [0.1, 0.15) is 5.76 Å². The molecule has 0 bridgehead atoms. The molecular formula is C16H26N2O4. The van der Waals surface area contributed by atoms with Gasteiger partial charge in [-0.15, -0.1) is 0 Å². The summed E-state index contributed by atoms with van der Waals surface area (Å²) >= 11 is 0. The normalized spacial score (nSPS) is 26.2. The molecule has 2 rings (SSSR count). The van der Waals surface area contributed by atoms with Gasteiger partial charge in [0.05, 0.1) is 0 Å². The van der Waals surface area contributed by atoms with Crippen LogP contribution >= 0.6 is 0 Å². The first-order valence-corrected chi connectivity index (χ1v) is 7.80. The molecule has 1 amide bonds. The summed E-state index contributed by atoms with van der Waals surface area (Å²) in [4.78, 5) is 24.4. The summed E-state index contributed by atoms with van der Waals surface area (Å²) < 4.78 is 5.23. The number of H-pyrrole nitrogens is 1. The summed E-state index contributed by atoms with van der Waals surface area (Å²) in [6.45, 7) is 8.95. The van der Waals surface area contributed by atoms with Crippen molar-refractivity contribution in [1.29, 1.82) is 0 Å². The van der Waals surface area contributed by atoms with Crippen molar-refractivity contribution in [3.8, 4) is 0 Å². The van der Waals surface area contributed by atoms with Gasteiger partial charge in [-0.25, -0.2) is 4.79 Å². The molecule has 6 nitrogen and oxygen atoms in total. The predicted octanol–water partition coefficient (Wildman–Crippen LogP) is 3.41. The van der Waals surface area contributed by atoms with E-state index in [0.717, 1.165) is 12.8 Å². The van der Waals surface area contributed by atoms with Crippen molar-refractivity contribution in [2.75, 3.05) is 6.54 Å². The Morgan fingerprint density at radius 2 is 2.23 bits per heavy atom. The van der Waals surface area contributed by atoms with Gasteiger partial charge in [-0.1, -0.05) is 20.8 Å². The molecule has 1 aromatic rings. The van der Waals surface area contributed by atoms with Crippen LogP contribution in [-0.4, -0.2) is 33.3 Å². The Hall–Kier alpha value is -1.72. The Morgan fingerprint density at radius 1 is 1.55 bits per heavy atom. The van der Waals surface area contributed by atoms with Gasteiger partial charge in [-0.3, -0.25) is 4.79 Å². The molecule has 0 aromatic carbocycles. The Balaban J connectivity index is 2.19. The van der Waals surface area contributed by atoms with Crippen LogP contribution < -0.4 is 5.56 Å². The zero-order valence-electron chi connectivity index (χ0n) is 13.8. The quantitative estimate of drug-likeness (QED) is 0.895. The van der Waals surface area contributed by atoms with Crippen molar-refractivity contribution in [2.45, 2.75) is 64.8 Å². The maximum atomic E-state index is 11.6. The van der Waals surface area contributed by atoms with Gasteiger partial charge >= 0.3 is 6.09 Å². The molecule has 2 N–H and O–H groups in total. The average molecular weight is 310 g/mol. The summed E-state index contributed by atoms with van der Waals surface area (Å²) in [6.07, 6.45) is 2.23. The topological polar surface area (TPSA) is 86.5 Å². The van der Waals surface area contributed by atoms with Gasteiger partial charge < -0.3 is 14.5 Å². The summed E-state index contributed by atoms with van der Waals surface area (Å²) in [5.41, 5.74) is -0.523. The summed E-state index contributed by atoms with van der Waals surface area (Å²) in [7, 11) is 0. The molecule has 0 radical (unpaired) electrons. The minimum absolute atomic E-state index is 0.0829. The van der Waals surface area contributed by atoms with E-state index in [9.17, 15) is 14.7 Å². The molecule has 1 fully saturated rings. The largest absolute Gasteiger partial charge is 0.465 e. The van der Waals surface area contributed by atoms with Crippen LogP contribution in [0.5, 0.6) is 0 Å². The molecule has 124 valence electrons. The van der Waals surface area contributed by atoms with Gasteiger partial charge in [0.25, 0.3) is 5.56 Å². The second-order valence-corrected chi connectivity index (χ2v) is 7.80. The third-order valence-electron chi connectivity index (χ3n) is 4.63. The molecule has 0 spiro atoms. The third-order valence-corrected chi connectivity index (χ3v) is 4.63. The summed E-state index contributed by atoms with van der Waals surface area (Å²) in [5.74, 6) is 0.719. The highest BCUT2D eigenvalue weighted by Crippen LogP contribution is 2.41. The van der Waals surface area contributed by atoms with Gasteiger partial charge in [-0.2, -0.15) is 5.16 Å². The lowest BCUT2D eigenvalue weighted by atomic mass is 9.75. The molecule has 22 heavy (non-hydrogen) atoms. The Morgan fingerprint density at radius 3 is 2.73 bits per heavy atom. The number of aromatic nitrogens is 1. The van der Waals surface area contributed by atoms with E-state index in [-0.39, 0.29) is 16.9 Å². The van der Waals surface area contributed by atoms with E-state index in [1.807, 2.05) is 6.92 Å². The number of amides is 1. The minimum atomic E-state index is -0.870. The number of hydrogen-bond donors (Lipinski definition) is 2. The maximum Gasteiger partial charge on any atom is 0.407 e. The molecule has 1 aliphatic heterocycles. The number of nitrogens with one attached hydrogen (secondary N) is 1. The lowest BCUT2D eigenvalue weighted by Crippen LogP contribution is -2.54. The number of nitrogens with zero attached hydrogens (tertiary/aromatic N) is 1. The van der Waals surface area contributed by atoms with E-state index in [4.69, 9.17) is 4.52 Å². The molecule has 1 aromatic heterocycles. The minimum Gasteiger partial charge on any atom is -0.465 e. The third kappa shape index (κ3) is 3.72. The first-order valence-electron chi connectivity index (χ1n) is 7.80. The molecule has 0 aliphatic carbocycles. The number of rotatable bonds is 3. The smallest absolute Gasteiger partial charge is 0.407 e. The second kappa shape index (κ2) is 5.82. The van der Waals surface area contributed by atoms with Crippen LogP contribution in [0.15, 0.2) is 15.4 Å². The van der Waals surface area contributed by atoms with E-state index in [2.05, 4.69) is 25.9 Å². The number of hydrogen-bond acceptors (Lipinski definition) is 3. The highest BCUT2D eigenvalue weighted by atomic mass is 16.5. The molecule has 2 heterocycles. The predicted molar refractivity (Wildman–Crippen MR) is 83.1 cm³/mol. The Labute approximate surface area is 130 Å². The monoisotopic (exact) mass is 310 g/mol. The van der Waals surface area contributed by atoms with Crippen LogP contribution in [0.2, 0.25) is 0 Å². The standard InChI is InChI=1S/C16H26N2O4/c1-15(2,3)6-7-16(4)10-11(5-8-18(16)14(20)21)12-9-13(19)17-22-12/h9,11H,5-8,10H2,1-4H3,(H,17,19)(H,20,21)/t11-,16+/m0/s1. The fourth-order valence-corrected chi connectivity index (χ4v) is 3.25. The van der Waals surface area contributed by atoms with Crippen molar-refractivity contribution >= 4 is 6.09 Å². The summed E-state index contributed by atoms with van der Waals surface area (Å²) in [6, 6.07) is 1.48. The van der Waals surface area contributed by atoms with E-state index < -0.39 is 11.6 Å². The molecular weight excluding hydrogens is 284 g/mol. The van der Waals surface area contributed by atoms with Crippen molar-refractivity contribution in [1.82, 2.24) is 10.1 Å². The number of carboxylic acid groups (broad SMARTS) is 1. The van der Waals surface area contributed by atoms with Crippen molar-refractivity contribution in [2.24, 2.45) is 5.41 Å². The lowest BCUT2D eigenvalue weighted by molar-refractivity contribution is 0.0343. The van der Waals surface area contributed by atoms with Crippen LogP contribution in [0.25, 0.3) is 0 Å². The van der Waals surface area contributed by atoms with E-state index in [1.54, 1.807) is 4.90 Å². The number of aromatic amines is 1. The highest BCUT2D eigenvalue weighted by Gasteiger charge is 2.42. The van der Waals surface area contributed by atoms with Crippen LogP contribution in [0, 0.1) is 5.41 Å². The van der Waals surface area contributed by atoms with E-state index >= 15 is 0 Å². The van der Waals surface area contributed by atoms with Crippen LogP contribution in [0.1, 0.15) is 65.1 Å². The van der Waals surface area contributed by atoms with Gasteiger partial charge in [-0.05, 0) is 38.0 Å². The van der Waals surface area contributed by atoms with Crippen molar-refractivity contribution in [3.05, 3.63) is 22.2 Å². The SMILES string of the molecule is CC(C)(C)CC[C@]1(C)C[C@@H](c2cc(=O)[nH]o2)CCN1C(=O)O. The van der Waals surface area contributed by atoms with Gasteiger partial charge in [0.15, 0.2) is 0 Å². The molecule has 6 heteroatoms. The van der Waals surface area contributed by atoms with Crippen molar-refractivity contribution in [3.63, 3.8) is 0 Å². The van der Waals surface area contributed by atoms with E-state index in [0.29, 0.717) is 25.1 Å². The zero-order chi connectivity index (χ0) is 16.5. The molecule has 0 saturated carbocycles. The van der Waals surface area contributed by atoms with Crippen molar-refractivity contribution < 1.29 is 14.4 Å². The van der Waals surface area contributed by atoms with Crippen LogP contribution in [0.4, 0.5) is 4.79 Å². The zero-order valence-corrected chi connectivity index (χ0v) is 13.8. The number of carbonyl (C=O) groups is 1. The molecule has 0 unspecified atom stereocenters. The second-order valence-electron chi connectivity index (χ2n) is 7.80. The van der Waals surface area contributed by atoms with E-state index in [1.165, 1.54) is 6.07 Å². The highest BCUT2D eigenvalue weighted by molar-refractivity contribution is 5.66. The number of piperidine rings is 1. The molecule has 1 saturated heterocycles. The van der Waals surface area contributed by atoms with Crippen LogP contribution in [-0.2, 0) is 0 Å². The summed E-state index contributed by atoms with van der Waals surface area (Å²) in [5, 5.41) is 11.8. The number of likely N-dealkylation sites (tertiary alicyclic amines) is 1. The molecule has 2 atom stereocenters. The molecule has 1 aliphatic rings. The Bertz CT molecular complexity index is 583. The first kappa shape index (κ1) is 16.6. The Kier molecular flexibility index (Phi) is 4.40. The fourth-order valence-electron chi connectivity index (χ4n) is 3.25. The average Bonchev–Trinajstić information content (AvgIpc) is 2.82. The fraction of sp³-hybridized carbons (Fsp3) is 0.750. The van der Waals surface area contributed by atoms with Crippen LogP contribution in [0.3, 0.4) is 0 Å². The van der Waals surface area contributed by atoms with Gasteiger partial charge in [0.2, 0.25) is 0 Å².